The summed E-state index contributed by atoms with van der Waals surface area (Å²) in [5.41, 5.74) is 1.08. The van der Waals surface area contributed by atoms with Crippen LogP contribution in [0.4, 0.5) is 4.39 Å². The molecule has 0 saturated heterocycles. The molecule has 1 aromatic rings. The fraction of sp³-hybridized carbons (Fsp3) is 0.200. The number of aldehydes is 1. The van der Waals surface area contributed by atoms with Gasteiger partial charge in [0, 0.05) is 6.20 Å². The van der Waals surface area contributed by atoms with E-state index in [1.54, 1.807) is 13.0 Å². The predicted octanol–water partition coefficient (Wildman–Crippen LogP) is 1.47. The Hall–Kier alpha value is -1.69. The Bertz CT molecular complexity index is 376. The average molecular weight is 177 g/mol. The molecule has 66 valence electrons. The second-order valence-electron chi connectivity index (χ2n) is 2.52. The molecule has 0 N–H and O–H groups in total. The second-order valence-corrected chi connectivity index (χ2v) is 2.52. The van der Waals surface area contributed by atoms with Crippen molar-refractivity contribution in [2.45, 2.75) is 13.3 Å². The molecule has 13 heavy (non-hydrogen) atoms. The summed E-state index contributed by atoms with van der Waals surface area (Å²) in [6.07, 6.45) is 2.22. The molecule has 0 aromatic carbocycles. The van der Waals surface area contributed by atoms with Gasteiger partial charge in [-0.1, -0.05) is 11.8 Å². The first kappa shape index (κ1) is 9.40. The van der Waals surface area contributed by atoms with Gasteiger partial charge < -0.3 is 4.79 Å². The maximum Gasteiger partial charge on any atom is 0.228 e. The molecule has 1 heterocycles. The summed E-state index contributed by atoms with van der Waals surface area (Å²) >= 11 is 0. The molecule has 0 atom stereocenters. The van der Waals surface area contributed by atoms with E-state index in [4.69, 9.17) is 0 Å². The molecule has 2 nitrogen and oxygen atoms in total. The lowest BCUT2D eigenvalue weighted by molar-refractivity contribution is -0.107. The van der Waals surface area contributed by atoms with Crippen LogP contribution in [0.3, 0.4) is 0 Å². The third kappa shape index (κ3) is 2.68. The van der Waals surface area contributed by atoms with Crippen molar-refractivity contribution in [3.63, 3.8) is 0 Å². The molecule has 0 radical (unpaired) electrons. The zero-order chi connectivity index (χ0) is 9.68. The Morgan fingerprint density at radius 1 is 1.69 bits per heavy atom. The van der Waals surface area contributed by atoms with E-state index in [0.29, 0.717) is 6.29 Å². The highest BCUT2D eigenvalue weighted by Crippen LogP contribution is 2.04. The largest absolute Gasteiger partial charge is 0.302 e. The van der Waals surface area contributed by atoms with Crippen molar-refractivity contribution in [1.82, 2.24) is 4.98 Å². The van der Waals surface area contributed by atoms with E-state index in [1.165, 1.54) is 6.20 Å². The number of carbonyl (C=O) groups is 1. The number of carbonyl (C=O) groups excluding carboxylic acids is 1. The Morgan fingerprint density at radius 2 is 2.46 bits per heavy atom. The molecule has 0 spiro atoms. The highest BCUT2D eigenvalue weighted by molar-refractivity contribution is 5.54. The third-order valence-corrected chi connectivity index (χ3v) is 1.38. The summed E-state index contributed by atoms with van der Waals surface area (Å²) in [6, 6.07) is 1.60. The van der Waals surface area contributed by atoms with Crippen molar-refractivity contribution in [2.75, 3.05) is 0 Å². The average Bonchev–Trinajstić information content (AvgIpc) is 2.11. The molecule has 0 aliphatic rings. The molecule has 0 unspecified atom stereocenters. The monoisotopic (exact) mass is 177 g/mol. The van der Waals surface area contributed by atoms with Gasteiger partial charge in [0.05, 0.1) is 12.0 Å². The van der Waals surface area contributed by atoms with Crippen molar-refractivity contribution < 1.29 is 9.18 Å². The summed E-state index contributed by atoms with van der Waals surface area (Å²) in [5, 5.41) is 0. The highest BCUT2D eigenvalue weighted by atomic mass is 19.1. The number of aromatic nitrogens is 1. The van der Waals surface area contributed by atoms with Gasteiger partial charge in [-0.25, -0.2) is 4.98 Å². The van der Waals surface area contributed by atoms with Crippen molar-refractivity contribution in [3.8, 4) is 11.8 Å². The van der Waals surface area contributed by atoms with Gasteiger partial charge in [-0.2, -0.15) is 4.39 Å². The lowest BCUT2D eigenvalue weighted by Gasteiger charge is -1.94. The molecule has 0 bridgehead atoms. The standard InChI is InChI=1S/C10H8FNO/c1-8-6-9(4-2-3-5-13)10(11)12-7-8/h5-7H,3H2,1H3. The zero-order valence-electron chi connectivity index (χ0n) is 7.17. The maximum atomic E-state index is 12.9. The topological polar surface area (TPSA) is 30.0 Å². The van der Waals surface area contributed by atoms with Gasteiger partial charge >= 0.3 is 0 Å². The fourth-order valence-electron chi connectivity index (χ4n) is 0.828. The Labute approximate surface area is 75.8 Å². The van der Waals surface area contributed by atoms with E-state index in [1.807, 2.05) is 0 Å². The van der Waals surface area contributed by atoms with Crippen LogP contribution in [0.25, 0.3) is 0 Å². The van der Waals surface area contributed by atoms with Gasteiger partial charge in [-0.05, 0) is 18.6 Å². The third-order valence-electron chi connectivity index (χ3n) is 1.38. The Kier molecular flexibility index (Phi) is 3.15. The second kappa shape index (κ2) is 4.36. The number of halogens is 1. The van der Waals surface area contributed by atoms with Gasteiger partial charge in [0.15, 0.2) is 0 Å². The predicted molar refractivity (Wildman–Crippen MR) is 46.5 cm³/mol. The molecule has 0 amide bonds. The van der Waals surface area contributed by atoms with Crippen LogP contribution in [0.1, 0.15) is 17.5 Å². The van der Waals surface area contributed by atoms with E-state index >= 15 is 0 Å². The number of pyridine rings is 1. The fourth-order valence-corrected chi connectivity index (χ4v) is 0.828. The SMILES string of the molecule is Cc1cnc(F)c(C#CCC=O)c1. The van der Waals surface area contributed by atoms with Crippen LogP contribution in [0.15, 0.2) is 12.3 Å². The molecule has 0 aliphatic carbocycles. The molecular formula is C10H8FNO. The molecule has 1 aromatic heterocycles. The van der Waals surface area contributed by atoms with Crippen molar-refractivity contribution in [1.29, 1.82) is 0 Å². The number of rotatable bonds is 1. The molecular weight excluding hydrogens is 169 g/mol. The minimum atomic E-state index is -0.594. The van der Waals surface area contributed by atoms with Crippen LogP contribution in [-0.4, -0.2) is 11.3 Å². The van der Waals surface area contributed by atoms with Gasteiger partial charge in [0.1, 0.15) is 6.29 Å². The summed E-state index contributed by atoms with van der Waals surface area (Å²) in [4.78, 5) is 13.4. The van der Waals surface area contributed by atoms with Gasteiger partial charge in [0.2, 0.25) is 5.95 Å². The first-order valence-corrected chi connectivity index (χ1v) is 3.78. The summed E-state index contributed by atoms with van der Waals surface area (Å²) < 4.78 is 12.9. The summed E-state index contributed by atoms with van der Waals surface area (Å²) in [6.45, 7) is 1.80. The quantitative estimate of drug-likeness (QED) is 0.369. The summed E-state index contributed by atoms with van der Waals surface area (Å²) in [5.74, 6) is 4.46. The van der Waals surface area contributed by atoms with E-state index in [0.717, 1.165) is 5.56 Å². The van der Waals surface area contributed by atoms with E-state index in [2.05, 4.69) is 16.8 Å². The van der Waals surface area contributed by atoms with Gasteiger partial charge in [-0.3, -0.25) is 0 Å². The van der Waals surface area contributed by atoms with Crippen LogP contribution in [0.2, 0.25) is 0 Å². The number of nitrogens with zero attached hydrogens (tertiary/aromatic N) is 1. The maximum absolute atomic E-state index is 12.9. The molecule has 0 fully saturated rings. The minimum absolute atomic E-state index is 0.118. The number of aryl methyl sites for hydroxylation is 1. The zero-order valence-corrected chi connectivity index (χ0v) is 7.17. The van der Waals surface area contributed by atoms with Gasteiger partial charge in [-0.15, -0.1) is 0 Å². The normalized spacial score (nSPS) is 8.77. The van der Waals surface area contributed by atoms with E-state index in [9.17, 15) is 9.18 Å². The van der Waals surface area contributed by atoms with Gasteiger partial charge in [0.25, 0.3) is 0 Å². The first-order chi connectivity index (χ1) is 6.24. The number of hydrogen-bond acceptors (Lipinski definition) is 2. The van der Waals surface area contributed by atoms with Crippen molar-refractivity contribution >= 4 is 6.29 Å². The first-order valence-electron chi connectivity index (χ1n) is 3.78. The van der Waals surface area contributed by atoms with Crippen LogP contribution >= 0.6 is 0 Å². The van der Waals surface area contributed by atoms with Crippen molar-refractivity contribution in [3.05, 3.63) is 29.3 Å². The minimum Gasteiger partial charge on any atom is -0.302 e. The van der Waals surface area contributed by atoms with Crippen molar-refractivity contribution in [2.24, 2.45) is 0 Å². The lowest BCUT2D eigenvalue weighted by Crippen LogP contribution is -1.89. The molecule has 0 aliphatic heterocycles. The number of hydrogen-bond donors (Lipinski definition) is 0. The van der Waals surface area contributed by atoms with Crippen LogP contribution in [-0.2, 0) is 4.79 Å². The van der Waals surface area contributed by atoms with Crippen LogP contribution in [0.5, 0.6) is 0 Å². The Balaban J connectivity index is 2.95. The molecule has 0 saturated carbocycles. The van der Waals surface area contributed by atoms with Crippen LogP contribution < -0.4 is 0 Å². The lowest BCUT2D eigenvalue weighted by atomic mass is 10.2. The van der Waals surface area contributed by atoms with E-state index in [-0.39, 0.29) is 12.0 Å². The molecule has 1 rings (SSSR count). The molecule has 3 heteroatoms. The van der Waals surface area contributed by atoms with E-state index < -0.39 is 5.95 Å². The summed E-state index contributed by atoms with van der Waals surface area (Å²) in [7, 11) is 0. The Morgan fingerprint density at radius 3 is 3.15 bits per heavy atom. The smallest absolute Gasteiger partial charge is 0.228 e. The highest BCUT2D eigenvalue weighted by Gasteiger charge is 1.98. The van der Waals surface area contributed by atoms with Crippen LogP contribution in [0, 0.1) is 24.7 Å².